The van der Waals surface area contributed by atoms with E-state index in [0.29, 0.717) is 5.02 Å². The first-order chi connectivity index (χ1) is 11.5. The quantitative estimate of drug-likeness (QED) is 0.891. The zero-order valence-corrected chi connectivity index (χ0v) is 14.1. The monoisotopic (exact) mass is 346 g/mol. The molecule has 0 saturated carbocycles. The van der Waals surface area contributed by atoms with Gasteiger partial charge in [0.15, 0.2) is 0 Å². The number of piperidine rings is 1. The van der Waals surface area contributed by atoms with E-state index >= 15 is 0 Å². The predicted octanol–water partition coefficient (Wildman–Crippen LogP) is 3.34. The van der Waals surface area contributed by atoms with Crippen molar-refractivity contribution in [1.82, 2.24) is 15.3 Å². The molecule has 1 aliphatic rings. The highest BCUT2D eigenvalue weighted by Crippen LogP contribution is 2.31. The number of anilines is 1. The maximum absolute atomic E-state index is 10.7. The number of aromatic nitrogens is 2. The summed E-state index contributed by atoms with van der Waals surface area (Å²) in [5.74, 6) is 0.841. The van der Waals surface area contributed by atoms with Crippen LogP contribution in [-0.2, 0) is 0 Å². The minimum absolute atomic E-state index is 0.00329. The van der Waals surface area contributed by atoms with Crippen LogP contribution in [-0.4, -0.2) is 40.3 Å². The molecule has 3 heterocycles. The standard InChI is InChI=1S/C17H19ClN4O2/c1-11-3-2-6-19-16(11)13-9-15(20-10-14(13)18)22-7-4-12(5-8-22)21-17(23)24/h2-3,6,9-10,12,21H,4-5,7-8H2,1H3,(H,23,24). The van der Waals surface area contributed by atoms with Gasteiger partial charge in [-0.1, -0.05) is 17.7 Å². The number of halogens is 1. The lowest BCUT2D eigenvalue weighted by Gasteiger charge is -2.32. The second-order valence-corrected chi connectivity index (χ2v) is 6.31. The van der Waals surface area contributed by atoms with Crippen LogP contribution in [0, 0.1) is 6.92 Å². The lowest BCUT2D eigenvalue weighted by molar-refractivity contribution is 0.187. The summed E-state index contributed by atoms with van der Waals surface area (Å²) in [5, 5.41) is 11.9. The Balaban J connectivity index is 1.80. The van der Waals surface area contributed by atoms with Gasteiger partial charge >= 0.3 is 6.09 Å². The molecule has 2 N–H and O–H groups in total. The highest BCUT2D eigenvalue weighted by atomic mass is 35.5. The van der Waals surface area contributed by atoms with Gasteiger partial charge in [-0.25, -0.2) is 9.78 Å². The molecule has 0 spiro atoms. The summed E-state index contributed by atoms with van der Waals surface area (Å²) < 4.78 is 0. The zero-order valence-electron chi connectivity index (χ0n) is 13.4. The summed E-state index contributed by atoms with van der Waals surface area (Å²) in [7, 11) is 0. The summed E-state index contributed by atoms with van der Waals surface area (Å²) >= 11 is 6.33. The lowest BCUT2D eigenvalue weighted by Crippen LogP contribution is -2.44. The van der Waals surface area contributed by atoms with Crippen LogP contribution in [0.3, 0.4) is 0 Å². The minimum atomic E-state index is -0.967. The zero-order chi connectivity index (χ0) is 17.1. The molecule has 1 fully saturated rings. The van der Waals surface area contributed by atoms with E-state index < -0.39 is 6.09 Å². The Hall–Kier alpha value is -2.34. The SMILES string of the molecule is Cc1cccnc1-c1cc(N2CCC(NC(=O)O)CC2)ncc1Cl. The van der Waals surface area contributed by atoms with Crippen LogP contribution < -0.4 is 10.2 Å². The fraction of sp³-hybridized carbons (Fsp3) is 0.353. The van der Waals surface area contributed by atoms with Gasteiger partial charge in [-0.05, 0) is 37.5 Å². The number of aryl methyl sites for hydroxylation is 1. The van der Waals surface area contributed by atoms with Crippen molar-refractivity contribution in [2.75, 3.05) is 18.0 Å². The Morgan fingerprint density at radius 2 is 2.12 bits per heavy atom. The molecule has 6 nitrogen and oxygen atoms in total. The topological polar surface area (TPSA) is 78.4 Å². The second-order valence-electron chi connectivity index (χ2n) is 5.90. The van der Waals surface area contributed by atoms with Gasteiger partial charge < -0.3 is 15.3 Å². The third kappa shape index (κ3) is 3.59. The molecule has 0 bridgehead atoms. The maximum atomic E-state index is 10.7. The Morgan fingerprint density at radius 1 is 1.38 bits per heavy atom. The molecule has 7 heteroatoms. The molecule has 0 radical (unpaired) electrons. The van der Waals surface area contributed by atoms with Crippen molar-refractivity contribution in [2.24, 2.45) is 0 Å². The Kier molecular flexibility index (Phi) is 4.85. The van der Waals surface area contributed by atoms with E-state index in [-0.39, 0.29) is 6.04 Å². The molecule has 1 saturated heterocycles. The largest absolute Gasteiger partial charge is 0.465 e. The Labute approximate surface area is 145 Å². The molecular formula is C17H19ClN4O2. The predicted molar refractivity (Wildman–Crippen MR) is 93.6 cm³/mol. The van der Waals surface area contributed by atoms with Crippen LogP contribution in [0.1, 0.15) is 18.4 Å². The van der Waals surface area contributed by atoms with Gasteiger partial charge in [0.25, 0.3) is 0 Å². The average molecular weight is 347 g/mol. The number of rotatable bonds is 3. The first-order valence-electron chi connectivity index (χ1n) is 7.86. The van der Waals surface area contributed by atoms with E-state index in [2.05, 4.69) is 20.2 Å². The third-order valence-corrected chi connectivity index (χ3v) is 4.55. The second kappa shape index (κ2) is 7.05. The van der Waals surface area contributed by atoms with Crippen molar-refractivity contribution in [2.45, 2.75) is 25.8 Å². The maximum Gasteiger partial charge on any atom is 0.404 e. The fourth-order valence-corrected chi connectivity index (χ4v) is 3.17. The smallest absolute Gasteiger partial charge is 0.404 e. The van der Waals surface area contributed by atoms with E-state index in [1.54, 1.807) is 12.4 Å². The molecule has 1 aliphatic heterocycles. The number of hydrogen-bond acceptors (Lipinski definition) is 4. The molecule has 24 heavy (non-hydrogen) atoms. The summed E-state index contributed by atoms with van der Waals surface area (Å²) in [6, 6.07) is 5.86. The van der Waals surface area contributed by atoms with Crippen LogP contribution in [0.4, 0.5) is 10.6 Å². The third-order valence-electron chi connectivity index (χ3n) is 4.25. The van der Waals surface area contributed by atoms with Crippen molar-refractivity contribution in [3.8, 4) is 11.3 Å². The number of nitrogens with zero attached hydrogens (tertiary/aromatic N) is 3. The van der Waals surface area contributed by atoms with Crippen molar-refractivity contribution < 1.29 is 9.90 Å². The molecule has 2 aromatic rings. The fourth-order valence-electron chi connectivity index (χ4n) is 2.98. The molecule has 0 aliphatic carbocycles. The van der Waals surface area contributed by atoms with Crippen molar-refractivity contribution in [3.63, 3.8) is 0 Å². The van der Waals surface area contributed by atoms with Crippen molar-refractivity contribution in [3.05, 3.63) is 41.2 Å². The Morgan fingerprint density at radius 3 is 2.79 bits per heavy atom. The summed E-state index contributed by atoms with van der Waals surface area (Å²) in [6.07, 6.45) is 3.96. The van der Waals surface area contributed by atoms with E-state index in [9.17, 15) is 4.79 Å². The highest BCUT2D eigenvalue weighted by Gasteiger charge is 2.22. The van der Waals surface area contributed by atoms with Crippen molar-refractivity contribution >= 4 is 23.5 Å². The average Bonchev–Trinajstić information content (AvgIpc) is 2.56. The molecule has 0 aromatic carbocycles. The van der Waals surface area contributed by atoms with Crippen LogP contribution >= 0.6 is 11.6 Å². The van der Waals surface area contributed by atoms with Gasteiger partial charge in [0.1, 0.15) is 5.82 Å². The summed E-state index contributed by atoms with van der Waals surface area (Å²) in [4.78, 5) is 21.7. The van der Waals surface area contributed by atoms with Gasteiger partial charge in [0, 0.05) is 37.1 Å². The van der Waals surface area contributed by atoms with Gasteiger partial charge in [-0.3, -0.25) is 4.98 Å². The van der Waals surface area contributed by atoms with Crippen LogP contribution in [0.25, 0.3) is 11.3 Å². The lowest BCUT2D eigenvalue weighted by atomic mass is 10.0. The van der Waals surface area contributed by atoms with E-state index in [4.69, 9.17) is 16.7 Å². The first kappa shape index (κ1) is 16.5. The molecule has 1 amide bonds. The molecule has 2 aromatic heterocycles. The molecule has 3 rings (SSSR count). The van der Waals surface area contributed by atoms with Crippen LogP contribution in [0.15, 0.2) is 30.6 Å². The minimum Gasteiger partial charge on any atom is -0.465 e. The van der Waals surface area contributed by atoms with Gasteiger partial charge in [0.05, 0.1) is 10.7 Å². The summed E-state index contributed by atoms with van der Waals surface area (Å²) in [5.41, 5.74) is 2.78. The highest BCUT2D eigenvalue weighted by molar-refractivity contribution is 6.33. The number of carboxylic acid groups (broad SMARTS) is 1. The number of amides is 1. The first-order valence-corrected chi connectivity index (χ1v) is 8.24. The van der Waals surface area contributed by atoms with Gasteiger partial charge in [0.2, 0.25) is 0 Å². The number of carbonyl (C=O) groups is 1. The van der Waals surface area contributed by atoms with Crippen molar-refractivity contribution in [1.29, 1.82) is 0 Å². The van der Waals surface area contributed by atoms with E-state index in [0.717, 1.165) is 48.6 Å². The number of pyridine rings is 2. The number of nitrogens with one attached hydrogen (secondary N) is 1. The normalized spacial score (nSPS) is 15.3. The van der Waals surface area contributed by atoms with Crippen LogP contribution in [0.5, 0.6) is 0 Å². The van der Waals surface area contributed by atoms with Crippen LogP contribution in [0.2, 0.25) is 5.02 Å². The number of hydrogen-bond donors (Lipinski definition) is 2. The Bertz CT molecular complexity index is 745. The van der Waals surface area contributed by atoms with E-state index in [1.807, 2.05) is 25.1 Å². The van der Waals surface area contributed by atoms with E-state index in [1.165, 1.54) is 0 Å². The molecule has 0 atom stereocenters. The molecule has 0 unspecified atom stereocenters. The summed E-state index contributed by atoms with van der Waals surface area (Å²) in [6.45, 7) is 3.50. The van der Waals surface area contributed by atoms with Gasteiger partial charge in [-0.2, -0.15) is 0 Å². The molecule has 126 valence electrons. The van der Waals surface area contributed by atoms with Gasteiger partial charge in [-0.15, -0.1) is 0 Å². The molecular weight excluding hydrogens is 328 g/mol.